The van der Waals surface area contributed by atoms with Crippen LogP contribution in [0.5, 0.6) is 0 Å². The highest BCUT2D eigenvalue weighted by atomic mass is 15.2. The van der Waals surface area contributed by atoms with E-state index < -0.39 is 0 Å². The quantitative estimate of drug-likeness (QED) is 0.162. The van der Waals surface area contributed by atoms with Crippen LogP contribution in [0.3, 0.4) is 0 Å². The van der Waals surface area contributed by atoms with E-state index in [1.165, 1.54) is 60.4 Å². The molecular weight excluding hydrogens is 653 g/mol. The molecule has 10 rings (SSSR count). The van der Waals surface area contributed by atoms with Gasteiger partial charge in [0.05, 0.1) is 28.1 Å². The fraction of sp³-hybridized carbons (Fsp3) is 0. The second kappa shape index (κ2) is 13.4. The molecule has 0 amide bonds. The molecule has 1 aromatic heterocycles. The average molecular weight is 689 g/mol. The van der Waals surface area contributed by atoms with Crippen LogP contribution in [0.1, 0.15) is 0 Å². The minimum Gasteiger partial charge on any atom is -0.309 e. The van der Waals surface area contributed by atoms with E-state index in [9.17, 15) is 0 Å². The third-order valence-corrected chi connectivity index (χ3v) is 10.6. The van der Waals surface area contributed by atoms with Crippen molar-refractivity contribution in [3.05, 3.63) is 218 Å². The van der Waals surface area contributed by atoms with Gasteiger partial charge < -0.3 is 9.47 Å². The molecule has 54 heavy (non-hydrogen) atoms. The molecule has 0 aliphatic carbocycles. The van der Waals surface area contributed by atoms with Gasteiger partial charge in [-0.1, -0.05) is 182 Å². The van der Waals surface area contributed by atoms with Crippen molar-refractivity contribution >= 4 is 49.6 Å². The van der Waals surface area contributed by atoms with Crippen molar-refractivity contribution in [1.82, 2.24) is 4.57 Å². The molecule has 0 atom stereocenters. The maximum Gasteiger partial charge on any atom is 0.0618 e. The molecule has 1 heterocycles. The zero-order chi connectivity index (χ0) is 35.8. The van der Waals surface area contributed by atoms with Gasteiger partial charge in [0, 0.05) is 33.0 Å². The second-order valence-corrected chi connectivity index (χ2v) is 13.7. The maximum atomic E-state index is 2.50. The summed E-state index contributed by atoms with van der Waals surface area (Å²) in [5, 5.41) is 4.80. The van der Waals surface area contributed by atoms with Gasteiger partial charge in [0.15, 0.2) is 0 Å². The van der Waals surface area contributed by atoms with E-state index in [0.717, 1.165) is 28.3 Å². The van der Waals surface area contributed by atoms with E-state index in [1.54, 1.807) is 0 Å². The Morgan fingerprint density at radius 2 is 0.889 bits per heavy atom. The van der Waals surface area contributed by atoms with Gasteiger partial charge in [0.1, 0.15) is 0 Å². The Balaban J connectivity index is 1.30. The summed E-state index contributed by atoms with van der Waals surface area (Å²) in [6.45, 7) is 0. The van der Waals surface area contributed by atoms with Crippen molar-refractivity contribution in [2.45, 2.75) is 0 Å². The van der Waals surface area contributed by atoms with E-state index in [1.807, 2.05) is 0 Å². The van der Waals surface area contributed by atoms with Crippen molar-refractivity contribution in [2.75, 3.05) is 4.90 Å². The largest absolute Gasteiger partial charge is 0.309 e. The molecule has 2 nitrogen and oxygen atoms in total. The number of fused-ring (bicyclic) bond motifs is 4. The number of aromatic nitrogens is 1. The lowest BCUT2D eigenvalue weighted by molar-refractivity contribution is 1.18. The lowest BCUT2D eigenvalue weighted by Crippen LogP contribution is -2.12. The standard InChI is InChI=1S/C52H36N2/c1-4-17-37(18-5-1)38-31-34-42(35-32-38)53(52-44-25-11-10-23-41(44)33-36-45(52)40-21-8-3-9-22-40)49-29-16-30-50-51(49)46-26-13-15-28-48(46)54(50)47-27-14-12-24-43(47)39-19-6-2-7-20-39/h1-36H. The topological polar surface area (TPSA) is 8.17 Å². The zero-order valence-corrected chi connectivity index (χ0v) is 29.7. The van der Waals surface area contributed by atoms with Crippen LogP contribution in [0.25, 0.3) is 71.6 Å². The molecule has 0 unspecified atom stereocenters. The number of benzene rings is 9. The molecule has 0 aliphatic rings. The molecule has 0 fully saturated rings. The van der Waals surface area contributed by atoms with Crippen LogP contribution in [-0.4, -0.2) is 4.57 Å². The van der Waals surface area contributed by atoms with Gasteiger partial charge in [-0.15, -0.1) is 0 Å². The Hall–Kier alpha value is -7.16. The van der Waals surface area contributed by atoms with Crippen LogP contribution in [0.4, 0.5) is 17.1 Å². The molecule has 0 bridgehead atoms. The van der Waals surface area contributed by atoms with Crippen molar-refractivity contribution in [2.24, 2.45) is 0 Å². The number of rotatable bonds is 7. The number of para-hydroxylation sites is 2. The number of nitrogens with zero attached hydrogens (tertiary/aromatic N) is 2. The summed E-state index contributed by atoms with van der Waals surface area (Å²) in [4.78, 5) is 2.50. The molecule has 254 valence electrons. The van der Waals surface area contributed by atoms with Gasteiger partial charge in [-0.05, 0) is 64.0 Å². The van der Waals surface area contributed by atoms with E-state index in [-0.39, 0.29) is 0 Å². The number of hydrogen-bond donors (Lipinski definition) is 0. The summed E-state index contributed by atoms with van der Waals surface area (Å²) >= 11 is 0. The predicted molar refractivity (Wildman–Crippen MR) is 229 cm³/mol. The van der Waals surface area contributed by atoms with Crippen molar-refractivity contribution < 1.29 is 0 Å². The molecule has 0 saturated heterocycles. The third kappa shape index (κ3) is 5.36. The van der Waals surface area contributed by atoms with Gasteiger partial charge >= 0.3 is 0 Å². The molecule has 0 spiro atoms. The number of anilines is 3. The van der Waals surface area contributed by atoms with Crippen LogP contribution in [0.15, 0.2) is 218 Å². The minimum atomic E-state index is 1.09. The summed E-state index contributed by atoms with van der Waals surface area (Å²) in [7, 11) is 0. The molecule has 2 heteroatoms. The van der Waals surface area contributed by atoms with Crippen molar-refractivity contribution in [3.8, 4) is 39.1 Å². The normalized spacial score (nSPS) is 11.3. The third-order valence-electron chi connectivity index (χ3n) is 10.6. The highest BCUT2D eigenvalue weighted by Gasteiger charge is 2.25. The summed E-state index contributed by atoms with van der Waals surface area (Å²) in [5.74, 6) is 0. The molecule has 0 N–H and O–H groups in total. The lowest BCUT2D eigenvalue weighted by Gasteiger charge is -2.30. The Morgan fingerprint density at radius 3 is 1.63 bits per heavy atom. The summed E-state index contributed by atoms with van der Waals surface area (Å²) in [6, 6.07) is 78.9. The Kier molecular flexibility index (Phi) is 7.85. The van der Waals surface area contributed by atoms with E-state index >= 15 is 0 Å². The molecular formula is C52H36N2. The van der Waals surface area contributed by atoms with Gasteiger partial charge in [-0.25, -0.2) is 0 Å². The Morgan fingerprint density at radius 1 is 0.333 bits per heavy atom. The summed E-state index contributed by atoms with van der Waals surface area (Å²) in [5.41, 5.74) is 14.0. The van der Waals surface area contributed by atoms with Crippen LogP contribution in [0, 0.1) is 0 Å². The predicted octanol–water partition coefficient (Wildman–Crippen LogP) is 14.4. The van der Waals surface area contributed by atoms with Gasteiger partial charge in [0.2, 0.25) is 0 Å². The van der Waals surface area contributed by atoms with Crippen molar-refractivity contribution in [1.29, 1.82) is 0 Å². The minimum absolute atomic E-state index is 1.09. The second-order valence-electron chi connectivity index (χ2n) is 13.7. The van der Waals surface area contributed by atoms with Gasteiger partial charge in [-0.2, -0.15) is 0 Å². The summed E-state index contributed by atoms with van der Waals surface area (Å²) in [6.07, 6.45) is 0. The highest BCUT2D eigenvalue weighted by Crippen LogP contribution is 2.49. The smallest absolute Gasteiger partial charge is 0.0618 e. The Bertz CT molecular complexity index is 2910. The first kappa shape index (κ1) is 31.6. The highest BCUT2D eigenvalue weighted by molar-refractivity contribution is 6.18. The monoisotopic (exact) mass is 688 g/mol. The van der Waals surface area contributed by atoms with E-state index in [0.29, 0.717) is 0 Å². The van der Waals surface area contributed by atoms with Crippen LogP contribution in [-0.2, 0) is 0 Å². The Labute approximate surface area is 315 Å². The van der Waals surface area contributed by atoms with Crippen LogP contribution < -0.4 is 4.90 Å². The first-order chi connectivity index (χ1) is 26.8. The van der Waals surface area contributed by atoms with Crippen LogP contribution in [0.2, 0.25) is 0 Å². The lowest BCUT2D eigenvalue weighted by atomic mass is 9.95. The van der Waals surface area contributed by atoms with Crippen LogP contribution >= 0.6 is 0 Å². The SMILES string of the molecule is c1ccc(-c2ccc(N(c3c(-c4ccccc4)ccc4ccccc34)c3cccc4c3c3ccccc3n4-c3ccccc3-c3ccccc3)cc2)cc1. The zero-order valence-electron chi connectivity index (χ0n) is 29.7. The molecule has 0 aliphatic heterocycles. The fourth-order valence-electron chi connectivity index (χ4n) is 8.15. The average Bonchev–Trinajstić information content (AvgIpc) is 3.60. The van der Waals surface area contributed by atoms with Gasteiger partial charge in [-0.3, -0.25) is 0 Å². The van der Waals surface area contributed by atoms with Crippen molar-refractivity contribution in [3.63, 3.8) is 0 Å². The van der Waals surface area contributed by atoms with E-state index in [2.05, 4.69) is 228 Å². The fourth-order valence-corrected chi connectivity index (χ4v) is 8.15. The molecule has 9 aromatic carbocycles. The number of hydrogen-bond acceptors (Lipinski definition) is 1. The molecule has 10 aromatic rings. The molecule has 0 saturated carbocycles. The van der Waals surface area contributed by atoms with E-state index in [4.69, 9.17) is 0 Å². The molecule has 0 radical (unpaired) electrons. The summed E-state index contributed by atoms with van der Waals surface area (Å²) < 4.78 is 2.45. The first-order valence-corrected chi connectivity index (χ1v) is 18.5. The van der Waals surface area contributed by atoms with Gasteiger partial charge in [0.25, 0.3) is 0 Å². The first-order valence-electron chi connectivity index (χ1n) is 18.5. The maximum absolute atomic E-state index is 2.50.